The molecule has 3 rings (SSSR count). The van der Waals surface area contributed by atoms with E-state index in [1.807, 2.05) is 18.2 Å². The van der Waals surface area contributed by atoms with Crippen molar-refractivity contribution in [2.75, 3.05) is 6.54 Å². The lowest BCUT2D eigenvalue weighted by Gasteiger charge is -2.07. The number of nitrogens with one attached hydrogen (secondary N) is 1. The van der Waals surface area contributed by atoms with Crippen LogP contribution in [0, 0.1) is 5.92 Å². The number of aromatic hydroxyl groups is 1. The van der Waals surface area contributed by atoms with Crippen molar-refractivity contribution < 1.29 is 9.90 Å². The fraction of sp³-hybridized carbons (Fsp3) is 0.286. The third-order valence-electron chi connectivity index (χ3n) is 3.24. The summed E-state index contributed by atoms with van der Waals surface area (Å²) in [5.74, 6) is 0.267. The van der Waals surface area contributed by atoms with Gasteiger partial charge in [0.15, 0.2) is 11.4 Å². The van der Waals surface area contributed by atoms with Gasteiger partial charge in [0, 0.05) is 23.5 Å². The third kappa shape index (κ3) is 2.01. The van der Waals surface area contributed by atoms with Crippen molar-refractivity contribution >= 4 is 16.7 Å². The summed E-state index contributed by atoms with van der Waals surface area (Å²) in [7, 11) is 0. The van der Waals surface area contributed by atoms with Crippen LogP contribution < -0.4 is 5.32 Å². The van der Waals surface area contributed by atoms with Crippen LogP contribution in [0.1, 0.15) is 23.3 Å². The van der Waals surface area contributed by atoms with Gasteiger partial charge in [-0.2, -0.15) is 0 Å². The van der Waals surface area contributed by atoms with E-state index in [4.69, 9.17) is 0 Å². The van der Waals surface area contributed by atoms with Gasteiger partial charge in [-0.15, -0.1) is 0 Å². The second-order valence-corrected chi connectivity index (χ2v) is 4.70. The summed E-state index contributed by atoms with van der Waals surface area (Å²) in [6.45, 7) is 0.673. The molecule has 4 heteroatoms. The van der Waals surface area contributed by atoms with Gasteiger partial charge >= 0.3 is 0 Å². The first kappa shape index (κ1) is 11.0. The molecule has 0 radical (unpaired) electrons. The topological polar surface area (TPSA) is 62.2 Å². The Kier molecular flexibility index (Phi) is 2.63. The van der Waals surface area contributed by atoms with Crippen molar-refractivity contribution in [1.82, 2.24) is 10.3 Å². The highest BCUT2D eigenvalue weighted by Gasteiger charge is 2.23. The van der Waals surface area contributed by atoms with Crippen molar-refractivity contribution in [2.45, 2.75) is 12.8 Å². The quantitative estimate of drug-likeness (QED) is 0.866. The Labute approximate surface area is 105 Å². The minimum absolute atomic E-state index is 0.0404. The standard InChI is InChI=1S/C14H14N2O2/c17-13-11-4-2-1-3-10(11)8-15-12(13)14(18)16-7-9-5-6-9/h1-4,8-9,17H,5-7H2,(H,16,18). The maximum Gasteiger partial charge on any atom is 0.273 e. The molecule has 92 valence electrons. The van der Waals surface area contributed by atoms with Gasteiger partial charge in [-0.1, -0.05) is 24.3 Å². The normalized spacial score (nSPS) is 14.7. The molecule has 1 saturated carbocycles. The van der Waals surface area contributed by atoms with Gasteiger partial charge in [0.05, 0.1) is 0 Å². The molecule has 0 atom stereocenters. The van der Waals surface area contributed by atoms with Crippen LogP contribution >= 0.6 is 0 Å². The van der Waals surface area contributed by atoms with E-state index in [-0.39, 0.29) is 17.4 Å². The number of nitrogens with zero attached hydrogens (tertiary/aromatic N) is 1. The van der Waals surface area contributed by atoms with Gasteiger partial charge in [-0.3, -0.25) is 4.79 Å². The lowest BCUT2D eigenvalue weighted by atomic mass is 10.1. The largest absolute Gasteiger partial charge is 0.505 e. The molecule has 1 fully saturated rings. The van der Waals surface area contributed by atoms with Gasteiger partial charge in [-0.25, -0.2) is 4.98 Å². The Morgan fingerprint density at radius 3 is 2.94 bits per heavy atom. The number of aromatic nitrogens is 1. The Hall–Kier alpha value is -2.10. The first-order chi connectivity index (χ1) is 8.75. The predicted octanol–water partition coefficient (Wildman–Crippen LogP) is 2.08. The molecule has 1 aliphatic rings. The predicted molar refractivity (Wildman–Crippen MR) is 68.5 cm³/mol. The molecule has 0 aliphatic heterocycles. The van der Waals surface area contributed by atoms with Crippen LogP contribution in [0.3, 0.4) is 0 Å². The van der Waals surface area contributed by atoms with Crippen LogP contribution in [0.4, 0.5) is 0 Å². The number of carbonyl (C=O) groups excluding carboxylic acids is 1. The summed E-state index contributed by atoms with van der Waals surface area (Å²) in [6.07, 6.45) is 3.97. The van der Waals surface area contributed by atoms with Crippen molar-refractivity contribution in [3.63, 3.8) is 0 Å². The van der Waals surface area contributed by atoms with Crippen molar-refractivity contribution in [1.29, 1.82) is 0 Å². The number of hydrogen-bond acceptors (Lipinski definition) is 3. The molecular weight excluding hydrogens is 228 g/mol. The molecule has 4 nitrogen and oxygen atoms in total. The van der Waals surface area contributed by atoms with E-state index >= 15 is 0 Å². The summed E-state index contributed by atoms with van der Waals surface area (Å²) < 4.78 is 0. The monoisotopic (exact) mass is 242 g/mol. The number of rotatable bonds is 3. The summed E-state index contributed by atoms with van der Waals surface area (Å²) in [5, 5.41) is 14.4. The molecule has 18 heavy (non-hydrogen) atoms. The minimum atomic E-state index is -0.301. The Morgan fingerprint density at radius 1 is 1.39 bits per heavy atom. The molecule has 0 unspecified atom stereocenters. The van der Waals surface area contributed by atoms with E-state index in [0.29, 0.717) is 17.8 Å². The molecule has 1 amide bonds. The van der Waals surface area contributed by atoms with Crippen LogP contribution in [0.25, 0.3) is 10.8 Å². The number of fused-ring (bicyclic) bond motifs is 1. The third-order valence-corrected chi connectivity index (χ3v) is 3.24. The van der Waals surface area contributed by atoms with Gasteiger partial charge in [0.2, 0.25) is 0 Å². The van der Waals surface area contributed by atoms with Gasteiger partial charge < -0.3 is 10.4 Å². The summed E-state index contributed by atoms with van der Waals surface area (Å²) in [6, 6.07) is 7.34. The highest BCUT2D eigenvalue weighted by atomic mass is 16.3. The minimum Gasteiger partial charge on any atom is -0.505 e. The Balaban J connectivity index is 1.90. The SMILES string of the molecule is O=C(NCC1CC1)c1ncc2ccccc2c1O. The van der Waals surface area contributed by atoms with E-state index in [2.05, 4.69) is 10.3 Å². The molecule has 1 heterocycles. The molecule has 1 aromatic heterocycles. The Bertz CT molecular complexity index is 606. The van der Waals surface area contributed by atoms with Gasteiger partial charge in [0.25, 0.3) is 5.91 Å². The molecular formula is C14H14N2O2. The molecule has 0 spiro atoms. The van der Waals surface area contributed by atoms with E-state index < -0.39 is 0 Å². The van der Waals surface area contributed by atoms with E-state index in [9.17, 15) is 9.90 Å². The van der Waals surface area contributed by atoms with E-state index in [1.54, 1.807) is 12.3 Å². The smallest absolute Gasteiger partial charge is 0.273 e. The Morgan fingerprint density at radius 2 is 2.17 bits per heavy atom. The van der Waals surface area contributed by atoms with Crippen LogP contribution in [-0.4, -0.2) is 22.5 Å². The zero-order valence-corrected chi connectivity index (χ0v) is 9.89. The van der Waals surface area contributed by atoms with Crippen LogP contribution in [0.15, 0.2) is 30.5 Å². The maximum absolute atomic E-state index is 11.9. The zero-order chi connectivity index (χ0) is 12.5. The van der Waals surface area contributed by atoms with Crippen LogP contribution in [0.2, 0.25) is 0 Å². The first-order valence-corrected chi connectivity index (χ1v) is 6.10. The molecule has 0 bridgehead atoms. The summed E-state index contributed by atoms with van der Waals surface area (Å²) in [5.41, 5.74) is 0.106. The fourth-order valence-electron chi connectivity index (χ4n) is 1.96. The lowest BCUT2D eigenvalue weighted by Crippen LogP contribution is -2.26. The van der Waals surface area contributed by atoms with Crippen molar-refractivity contribution in [3.8, 4) is 5.75 Å². The number of pyridine rings is 1. The number of carbonyl (C=O) groups is 1. The van der Waals surface area contributed by atoms with Crippen LogP contribution in [0.5, 0.6) is 5.75 Å². The molecule has 0 saturated heterocycles. The average Bonchev–Trinajstić information content (AvgIpc) is 3.21. The van der Waals surface area contributed by atoms with Gasteiger partial charge in [0.1, 0.15) is 0 Å². The average molecular weight is 242 g/mol. The summed E-state index contributed by atoms with van der Waals surface area (Å²) >= 11 is 0. The highest BCUT2D eigenvalue weighted by molar-refractivity contribution is 6.01. The second kappa shape index (κ2) is 4.29. The zero-order valence-electron chi connectivity index (χ0n) is 9.89. The fourth-order valence-corrected chi connectivity index (χ4v) is 1.96. The highest BCUT2D eigenvalue weighted by Crippen LogP contribution is 2.29. The van der Waals surface area contributed by atoms with Crippen LogP contribution in [-0.2, 0) is 0 Å². The number of amides is 1. The molecule has 2 aromatic rings. The number of benzene rings is 1. The summed E-state index contributed by atoms with van der Waals surface area (Å²) in [4.78, 5) is 16.0. The van der Waals surface area contributed by atoms with Crippen molar-refractivity contribution in [2.24, 2.45) is 5.92 Å². The molecule has 2 N–H and O–H groups in total. The molecule has 1 aliphatic carbocycles. The molecule has 1 aromatic carbocycles. The van der Waals surface area contributed by atoms with E-state index in [0.717, 1.165) is 5.39 Å². The van der Waals surface area contributed by atoms with Crippen molar-refractivity contribution in [3.05, 3.63) is 36.2 Å². The van der Waals surface area contributed by atoms with E-state index in [1.165, 1.54) is 12.8 Å². The second-order valence-electron chi connectivity index (χ2n) is 4.70. The number of hydrogen-bond donors (Lipinski definition) is 2. The lowest BCUT2D eigenvalue weighted by molar-refractivity contribution is 0.0944. The first-order valence-electron chi connectivity index (χ1n) is 6.10. The maximum atomic E-state index is 11.9. The van der Waals surface area contributed by atoms with Gasteiger partial charge in [-0.05, 0) is 18.8 Å².